The first-order valence-corrected chi connectivity index (χ1v) is 7.36. The number of rotatable bonds is 1. The highest BCUT2D eigenvalue weighted by Gasteiger charge is 2.56. The number of fused-ring (bicyclic) bond motifs is 1. The predicted molar refractivity (Wildman–Crippen MR) is 73.6 cm³/mol. The number of H-pyrrole nitrogens is 1. The maximum Gasteiger partial charge on any atom is 0.411 e. The number of aromatic amines is 1. The average Bonchev–Trinajstić information content (AvgIpc) is 2.73. The maximum absolute atomic E-state index is 12.3. The summed E-state index contributed by atoms with van der Waals surface area (Å²) in [5.74, 6) is 1.45. The van der Waals surface area contributed by atoms with Crippen molar-refractivity contribution in [3.63, 3.8) is 0 Å². The predicted octanol–water partition coefficient (Wildman–Crippen LogP) is 3.24. The molecule has 6 heteroatoms. The minimum Gasteiger partial charge on any atom is -0.444 e. The fraction of sp³-hybridized carbons (Fsp3) is 0.692. The second-order valence-electron chi connectivity index (χ2n) is 6.32. The lowest BCUT2D eigenvalue weighted by Gasteiger charge is -2.29. The molecular weight excluding hydrogens is 310 g/mol. The molecule has 2 fully saturated rings. The van der Waals surface area contributed by atoms with E-state index in [0.717, 1.165) is 23.3 Å². The molecule has 2 heterocycles. The van der Waals surface area contributed by atoms with Crippen molar-refractivity contribution in [2.75, 3.05) is 0 Å². The van der Waals surface area contributed by atoms with E-state index >= 15 is 0 Å². The van der Waals surface area contributed by atoms with Gasteiger partial charge in [0.1, 0.15) is 16.0 Å². The quantitative estimate of drug-likeness (QED) is 0.861. The summed E-state index contributed by atoms with van der Waals surface area (Å²) in [4.78, 5) is 21.7. The molecule has 3 rings (SSSR count). The summed E-state index contributed by atoms with van der Waals surface area (Å²) in [5.41, 5.74) is -0.460. The van der Waals surface area contributed by atoms with Crippen LogP contribution in [0, 0.1) is 5.92 Å². The van der Waals surface area contributed by atoms with Gasteiger partial charge in [-0.3, -0.25) is 4.90 Å². The van der Waals surface area contributed by atoms with Crippen molar-refractivity contribution in [3.05, 3.63) is 16.6 Å². The number of amides is 1. The zero-order valence-corrected chi connectivity index (χ0v) is 12.9. The van der Waals surface area contributed by atoms with E-state index in [0.29, 0.717) is 12.0 Å². The number of carbonyl (C=O) groups excluding carboxylic acids is 1. The maximum atomic E-state index is 12.3. The standard InChI is InChI=1S/C13H18BrN3O2/c1-13(2,3)19-12(18)17-8-4-7(8)5-9(17)11-15-6-10(14)16-11/h6-9H,4-5H2,1-3H3,(H,15,16). The largest absolute Gasteiger partial charge is 0.444 e. The second kappa shape index (κ2) is 4.23. The lowest BCUT2D eigenvalue weighted by atomic mass is 10.1. The number of hydrogen-bond acceptors (Lipinski definition) is 3. The Morgan fingerprint density at radius 2 is 2.26 bits per heavy atom. The van der Waals surface area contributed by atoms with Gasteiger partial charge in [0.05, 0.1) is 12.2 Å². The molecular formula is C13H18BrN3O2. The fourth-order valence-electron chi connectivity index (χ4n) is 2.76. The number of halogens is 1. The van der Waals surface area contributed by atoms with Crippen LogP contribution in [0.2, 0.25) is 0 Å². The van der Waals surface area contributed by atoms with Crippen molar-refractivity contribution in [2.24, 2.45) is 5.92 Å². The van der Waals surface area contributed by atoms with Gasteiger partial charge in [-0.05, 0) is 55.5 Å². The molecule has 1 aliphatic carbocycles. The monoisotopic (exact) mass is 327 g/mol. The Hall–Kier alpha value is -1.04. The number of hydrogen-bond donors (Lipinski definition) is 1. The molecule has 2 aliphatic rings. The third-order valence-electron chi connectivity index (χ3n) is 3.59. The highest BCUT2D eigenvalue weighted by atomic mass is 79.9. The number of ether oxygens (including phenoxy) is 1. The fourth-order valence-corrected chi connectivity index (χ4v) is 3.07. The molecule has 1 saturated carbocycles. The van der Waals surface area contributed by atoms with Crippen LogP contribution in [0.15, 0.2) is 10.8 Å². The van der Waals surface area contributed by atoms with E-state index in [2.05, 4.69) is 25.9 Å². The number of nitrogens with zero attached hydrogens (tertiary/aromatic N) is 2. The summed E-state index contributed by atoms with van der Waals surface area (Å²) < 4.78 is 6.35. The van der Waals surface area contributed by atoms with Crippen LogP contribution in [-0.4, -0.2) is 32.6 Å². The molecule has 1 aromatic heterocycles. The Labute approximate surface area is 120 Å². The first kappa shape index (κ1) is 13.0. The van der Waals surface area contributed by atoms with E-state index in [1.165, 1.54) is 0 Å². The van der Waals surface area contributed by atoms with Crippen LogP contribution in [0.4, 0.5) is 4.79 Å². The normalized spacial score (nSPS) is 29.3. The second-order valence-corrected chi connectivity index (χ2v) is 7.17. The summed E-state index contributed by atoms with van der Waals surface area (Å²) in [7, 11) is 0. The zero-order valence-electron chi connectivity index (χ0n) is 11.3. The van der Waals surface area contributed by atoms with Gasteiger partial charge < -0.3 is 9.72 Å². The van der Waals surface area contributed by atoms with Crippen molar-refractivity contribution in [1.29, 1.82) is 0 Å². The molecule has 1 aliphatic heterocycles. The summed E-state index contributed by atoms with van der Waals surface area (Å²) in [6, 6.07) is 0.355. The molecule has 1 saturated heterocycles. The molecule has 1 aromatic rings. The Kier molecular flexibility index (Phi) is 2.89. The topological polar surface area (TPSA) is 58.2 Å². The highest BCUT2D eigenvalue weighted by molar-refractivity contribution is 9.10. The molecule has 0 radical (unpaired) electrons. The molecule has 0 spiro atoms. The van der Waals surface area contributed by atoms with Gasteiger partial charge in [-0.25, -0.2) is 9.78 Å². The van der Waals surface area contributed by atoms with E-state index in [9.17, 15) is 4.79 Å². The van der Waals surface area contributed by atoms with Gasteiger partial charge in [-0.2, -0.15) is 0 Å². The van der Waals surface area contributed by atoms with Crippen molar-refractivity contribution >= 4 is 22.0 Å². The van der Waals surface area contributed by atoms with Crippen molar-refractivity contribution in [3.8, 4) is 0 Å². The van der Waals surface area contributed by atoms with Crippen molar-refractivity contribution < 1.29 is 9.53 Å². The van der Waals surface area contributed by atoms with Gasteiger partial charge in [-0.1, -0.05) is 0 Å². The van der Waals surface area contributed by atoms with Crippen LogP contribution in [-0.2, 0) is 4.74 Å². The first-order chi connectivity index (χ1) is 8.85. The highest BCUT2D eigenvalue weighted by Crippen LogP contribution is 2.53. The summed E-state index contributed by atoms with van der Waals surface area (Å²) in [6.45, 7) is 5.68. The van der Waals surface area contributed by atoms with E-state index in [1.54, 1.807) is 6.20 Å². The molecule has 1 N–H and O–H groups in total. The first-order valence-electron chi connectivity index (χ1n) is 6.57. The van der Waals surface area contributed by atoms with Crippen LogP contribution >= 0.6 is 15.9 Å². The molecule has 0 aromatic carbocycles. The van der Waals surface area contributed by atoms with E-state index < -0.39 is 5.60 Å². The van der Waals surface area contributed by atoms with Gasteiger partial charge in [0.15, 0.2) is 0 Å². The van der Waals surface area contributed by atoms with E-state index in [4.69, 9.17) is 4.74 Å². The number of likely N-dealkylation sites (tertiary alicyclic amines) is 1. The Morgan fingerprint density at radius 1 is 1.53 bits per heavy atom. The lowest BCUT2D eigenvalue weighted by molar-refractivity contribution is 0.0175. The number of piperidine rings is 1. The van der Waals surface area contributed by atoms with E-state index in [1.807, 2.05) is 25.7 Å². The number of nitrogens with one attached hydrogen (secondary N) is 1. The van der Waals surface area contributed by atoms with Crippen LogP contribution < -0.4 is 0 Å². The molecule has 0 bridgehead atoms. The van der Waals surface area contributed by atoms with Gasteiger partial charge >= 0.3 is 6.09 Å². The van der Waals surface area contributed by atoms with Gasteiger partial charge in [0.2, 0.25) is 0 Å². The molecule has 1 amide bonds. The molecule has 19 heavy (non-hydrogen) atoms. The van der Waals surface area contributed by atoms with Gasteiger partial charge in [-0.15, -0.1) is 0 Å². The molecule has 5 nitrogen and oxygen atoms in total. The van der Waals surface area contributed by atoms with Crippen LogP contribution in [0.25, 0.3) is 0 Å². The molecule has 3 unspecified atom stereocenters. The SMILES string of the molecule is CC(C)(C)OC(=O)N1C(c2ncc(Br)[nH]2)CC2CC21. The van der Waals surface area contributed by atoms with Crippen molar-refractivity contribution in [1.82, 2.24) is 14.9 Å². The lowest BCUT2D eigenvalue weighted by Crippen LogP contribution is -2.38. The summed E-state index contributed by atoms with van der Waals surface area (Å²) in [6.07, 6.45) is 3.57. The third kappa shape index (κ3) is 2.50. The van der Waals surface area contributed by atoms with Gasteiger partial charge in [0.25, 0.3) is 0 Å². The number of imidazole rings is 1. The van der Waals surface area contributed by atoms with Crippen LogP contribution in [0.3, 0.4) is 0 Å². The minimum absolute atomic E-state index is 0.0184. The Morgan fingerprint density at radius 3 is 2.84 bits per heavy atom. The minimum atomic E-state index is -0.460. The molecule has 104 valence electrons. The van der Waals surface area contributed by atoms with E-state index in [-0.39, 0.29) is 12.1 Å². The third-order valence-corrected chi connectivity index (χ3v) is 3.99. The summed E-state index contributed by atoms with van der Waals surface area (Å²) in [5, 5.41) is 0. The van der Waals surface area contributed by atoms with Crippen molar-refractivity contribution in [2.45, 2.75) is 51.3 Å². The average molecular weight is 328 g/mol. The van der Waals surface area contributed by atoms with Crippen LogP contribution in [0.1, 0.15) is 45.5 Å². The number of aromatic nitrogens is 2. The zero-order chi connectivity index (χ0) is 13.8. The van der Waals surface area contributed by atoms with Crippen LogP contribution in [0.5, 0.6) is 0 Å². The van der Waals surface area contributed by atoms with Gasteiger partial charge in [0, 0.05) is 6.04 Å². The Balaban J connectivity index is 1.80. The number of carbonyl (C=O) groups is 1. The molecule has 3 atom stereocenters. The Bertz CT molecular complexity index is 508. The summed E-state index contributed by atoms with van der Waals surface area (Å²) >= 11 is 3.36. The smallest absolute Gasteiger partial charge is 0.411 e.